The summed E-state index contributed by atoms with van der Waals surface area (Å²) in [7, 11) is 0. The number of rotatable bonds is 4. The normalized spacial score (nSPS) is 10.5. The highest BCUT2D eigenvalue weighted by molar-refractivity contribution is 6.31. The Morgan fingerprint density at radius 1 is 1.32 bits per heavy atom. The number of nitrogens with one attached hydrogen (secondary N) is 1. The van der Waals surface area contributed by atoms with Gasteiger partial charge in [-0.1, -0.05) is 24.6 Å². The number of hydrogen-bond acceptors (Lipinski definition) is 3. The third-order valence-corrected chi connectivity index (χ3v) is 2.89. The first-order valence-corrected chi connectivity index (χ1v) is 6.53. The van der Waals surface area contributed by atoms with Crippen LogP contribution >= 0.6 is 11.6 Å². The van der Waals surface area contributed by atoms with Gasteiger partial charge in [-0.3, -0.25) is 0 Å². The molecule has 1 N–H and O–H groups in total. The van der Waals surface area contributed by atoms with Gasteiger partial charge in [-0.2, -0.15) is 0 Å². The van der Waals surface area contributed by atoms with Gasteiger partial charge in [0.15, 0.2) is 11.6 Å². The highest BCUT2D eigenvalue weighted by atomic mass is 35.5. The SMILES string of the molecule is CCCNc1cc(C)nc(-c2cccc(Cl)c2F)n1. The molecule has 0 unspecified atom stereocenters. The van der Waals surface area contributed by atoms with Gasteiger partial charge in [0.2, 0.25) is 0 Å². The van der Waals surface area contributed by atoms with Gasteiger partial charge in [0, 0.05) is 18.3 Å². The largest absolute Gasteiger partial charge is 0.370 e. The van der Waals surface area contributed by atoms with E-state index in [4.69, 9.17) is 11.6 Å². The lowest BCUT2D eigenvalue weighted by Gasteiger charge is -2.08. The summed E-state index contributed by atoms with van der Waals surface area (Å²) in [5, 5.41) is 3.25. The fourth-order valence-electron chi connectivity index (χ4n) is 1.71. The van der Waals surface area contributed by atoms with Crippen molar-refractivity contribution in [2.24, 2.45) is 0 Å². The summed E-state index contributed by atoms with van der Waals surface area (Å²) < 4.78 is 14.0. The third-order valence-electron chi connectivity index (χ3n) is 2.60. The summed E-state index contributed by atoms with van der Waals surface area (Å²) in [6, 6.07) is 6.65. The molecule has 0 aliphatic rings. The topological polar surface area (TPSA) is 37.8 Å². The molecule has 0 radical (unpaired) electrons. The first kappa shape index (κ1) is 13.7. The van der Waals surface area contributed by atoms with E-state index in [9.17, 15) is 4.39 Å². The molecule has 1 aromatic carbocycles. The molecule has 0 fully saturated rings. The van der Waals surface area contributed by atoms with E-state index in [0.717, 1.165) is 18.7 Å². The number of aryl methyl sites for hydroxylation is 1. The Bertz CT molecular complexity index is 587. The summed E-state index contributed by atoms with van der Waals surface area (Å²) in [6.45, 7) is 4.73. The molecule has 5 heteroatoms. The molecular weight excluding hydrogens is 265 g/mol. The second kappa shape index (κ2) is 5.97. The maximum atomic E-state index is 14.0. The van der Waals surface area contributed by atoms with Gasteiger partial charge in [-0.25, -0.2) is 14.4 Å². The molecular formula is C14H15ClFN3. The lowest BCUT2D eigenvalue weighted by Crippen LogP contribution is -2.05. The molecule has 0 aliphatic carbocycles. The molecule has 0 bridgehead atoms. The lowest BCUT2D eigenvalue weighted by atomic mass is 10.2. The molecule has 0 aliphatic heterocycles. The van der Waals surface area contributed by atoms with Crippen LogP contribution in [0, 0.1) is 12.7 Å². The minimum atomic E-state index is -0.490. The molecule has 2 aromatic rings. The molecule has 19 heavy (non-hydrogen) atoms. The van der Waals surface area contributed by atoms with E-state index in [1.54, 1.807) is 12.1 Å². The Hall–Kier alpha value is -1.68. The van der Waals surface area contributed by atoms with Gasteiger partial charge < -0.3 is 5.32 Å². The van der Waals surface area contributed by atoms with Crippen LogP contribution in [0.4, 0.5) is 10.2 Å². The maximum Gasteiger partial charge on any atom is 0.164 e. The third kappa shape index (κ3) is 3.20. The Morgan fingerprint density at radius 3 is 2.84 bits per heavy atom. The first-order valence-electron chi connectivity index (χ1n) is 6.15. The van der Waals surface area contributed by atoms with Gasteiger partial charge in [0.25, 0.3) is 0 Å². The Labute approximate surface area is 116 Å². The van der Waals surface area contributed by atoms with E-state index >= 15 is 0 Å². The van der Waals surface area contributed by atoms with E-state index in [1.807, 2.05) is 13.0 Å². The van der Waals surface area contributed by atoms with Crippen LogP contribution < -0.4 is 5.32 Å². The van der Waals surface area contributed by atoms with Crippen molar-refractivity contribution in [2.45, 2.75) is 20.3 Å². The molecule has 0 spiro atoms. The summed E-state index contributed by atoms with van der Waals surface area (Å²) in [5.74, 6) is 0.554. The van der Waals surface area contributed by atoms with Crippen LogP contribution in [0.3, 0.4) is 0 Å². The fourth-order valence-corrected chi connectivity index (χ4v) is 1.88. The predicted molar refractivity (Wildman–Crippen MR) is 76.0 cm³/mol. The Morgan fingerprint density at radius 2 is 2.11 bits per heavy atom. The standard InChI is InChI=1S/C14H15ClFN3/c1-3-7-17-12-8-9(2)18-14(19-12)10-5-4-6-11(15)13(10)16/h4-6,8H,3,7H2,1-2H3,(H,17,18,19). The monoisotopic (exact) mass is 279 g/mol. The van der Waals surface area contributed by atoms with Gasteiger partial charge in [-0.05, 0) is 25.5 Å². The van der Waals surface area contributed by atoms with E-state index in [-0.39, 0.29) is 5.02 Å². The number of anilines is 1. The van der Waals surface area contributed by atoms with Crippen molar-refractivity contribution in [1.82, 2.24) is 9.97 Å². The van der Waals surface area contributed by atoms with Crippen LogP contribution in [0.2, 0.25) is 5.02 Å². The second-order valence-electron chi connectivity index (χ2n) is 4.25. The Kier molecular flexibility index (Phi) is 4.32. The quantitative estimate of drug-likeness (QED) is 0.917. The molecule has 0 amide bonds. The molecule has 1 heterocycles. The van der Waals surface area contributed by atoms with Gasteiger partial charge in [0.05, 0.1) is 10.6 Å². The molecule has 0 saturated carbocycles. The highest BCUT2D eigenvalue weighted by Crippen LogP contribution is 2.26. The number of halogens is 2. The summed E-state index contributed by atoms with van der Waals surface area (Å²) in [6.07, 6.45) is 0.990. The van der Waals surface area contributed by atoms with E-state index in [0.29, 0.717) is 17.2 Å². The zero-order valence-electron chi connectivity index (χ0n) is 10.9. The van der Waals surface area contributed by atoms with Crippen molar-refractivity contribution in [3.63, 3.8) is 0 Å². The van der Waals surface area contributed by atoms with Crippen molar-refractivity contribution in [3.05, 3.63) is 40.8 Å². The first-order chi connectivity index (χ1) is 9.11. The molecule has 100 valence electrons. The average molecular weight is 280 g/mol. The van der Waals surface area contributed by atoms with E-state index < -0.39 is 5.82 Å². The molecule has 0 saturated heterocycles. The maximum absolute atomic E-state index is 14.0. The van der Waals surface area contributed by atoms with Gasteiger partial charge in [0.1, 0.15) is 5.82 Å². The summed E-state index contributed by atoms with van der Waals surface area (Å²) in [4.78, 5) is 8.59. The molecule has 2 rings (SSSR count). The molecule has 3 nitrogen and oxygen atoms in total. The van der Waals surface area contributed by atoms with Crippen molar-refractivity contribution in [1.29, 1.82) is 0 Å². The van der Waals surface area contributed by atoms with Crippen LogP contribution in [0.1, 0.15) is 19.0 Å². The van der Waals surface area contributed by atoms with Crippen molar-refractivity contribution < 1.29 is 4.39 Å². The number of nitrogens with zero attached hydrogens (tertiary/aromatic N) is 2. The predicted octanol–water partition coefficient (Wildman–Crippen LogP) is 4.07. The van der Waals surface area contributed by atoms with Crippen LogP contribution in [0.15, 0.2) is 24.3 Å². The van der Waals surface area contributed by atoms with Crippen LogP contribution in [0.5, 0.6) is 0 Å². The van der Waals surface area contributed by atoms with Crippen LogP contribution in [-0.2, 0) is 0 Å². The van der Waals surface area contributed by atoms with Crippen LogP contribution in [-0.4, -0.2) is 16.5 Å². The zero-order valence-corrected chi connectivity index (χ0v) is 11.6. The highest BCUT2D eigenvalue weighted by Gasteiger charge is 2.12. The van der Waals surface area contributed by atoms with Crippen molar-refractivity contribution in [2.75, 3.05) is 11.9 Å². The number of hydrogen-bond donors (Lipinski definition) is 1. The zero-order chi connectivity index (χ0) is 13.8. The smallest absolute Gasteiger partial charge is 0.164 e. The minimum Gasteiger partial charge on any atom is -0.370 e. The fraction of sp³-hybridized carbons (Fsp3) is 0.286. The van der Waals surface area contributed by atoms with E-state index in [2.05, 4.69) is 22.2 Å². The van der Waals surface area contributed by atoms with Gasteiger partial charge in [-0.15, -0.1) is 0 Å². The van der Waals surface area contributed by atoms with Gasteiger partial charge >= 0.3 is 0 Å². The summed E-state index contributed by atoms with van der Waals surface area (Å²) >= 11 is 5.78. The van der Waals surface area contributed by atoms with Crippen LogP contribution in [0.25, 0.3) is 11.4 Å². The second-order valence-corrected chi connectivity index (χ2v) is 4.65. The van der Waals surface area contributed by atoms with E-state index in [1.165, 1.54) is 6.07 Å². The Balaban J connectivity index is 2.44. The molecule has 0 atom stereocenters. The average Bonchev–Trinajstić information content (AvgIpc) is 2.39. The van der Waals surface area contributed by atoms with Crippen molar-refractivity contribution >= 4 is 17.4 Å². The summed E-state index contributed by atoms with van der Waals surface area (Å²) in [5.41, 5.74) is 1.10. The molecule has 1 aromatic heterocycles. The van der Waals surface area contributed by atoms with Crippen molar-refractivity contribution in [3.8, 4) is 11.4 Å². The lowest BCUT2D eigenvalue weighted by molar-refractivity contribution is 0.630. The minimum absolute atomic E-state index is 0.0747. The number of aromatic nitrogens is 2. The number of benzene rings is 1.